The molecule has 0 atom stereocenters. The Morgan fingerprint density at radius 2 is 1.66 bits per heavy atom. The average molecular weight is 646 g/mol. The van der Waals surface area contributed by atoms with Gasteiger partial charge >= 0.3 is 6.09 Å². The molecule has 252 valence electrons. The van der Waals surface area contributed by atoms with Crippen LogP contribution in [0.3, 0.4) is 0 Å². The highest BCUT2D eigenvalue weighted by molar-refractivity contribution is 5.79. The molecular formula is C36H48FN7O3. The zero-order valence-electron chi connectivity index (χ0n) is 28.0. The number of carbonyl (C=O) groups is 1. The Morgan fingerprint density at radius 1 is 0.936 bits per heavy atom. The summed E-state index contributed by atoms with van der Waals surface area (Å²) in [5.41, 5.74) is 3.02. The summed E-state index contributed by atoms with van der Waals surface area (Å²) in [5.74, 6) is 1.60. The third-order valence-electron chi connectivity index (χ3n) is 8.91. The van der Waals surface area contributed by atoms with Crippen molar-refractivity contribution in [2.24, 2.45) is 0 Å². The quantitative estimate of drug-likeness (QED) is 0.0929. The lowest BCUT2D eigenvalue weighted by Gasteiger charge is -2.37. The monoisotopic (exact) mass is 645 g/mol. The van der Waals surface area contributed by atoms with Crippen LogP contribution in [0.5, 0.6) is 5.88 Å². The van der Waals surface area contributed by atoms with E-state index in [2.05, 4.69) is 37.3 Å². The van der Waals surface area contributed by atoms with Crippen LogP contribution >= 0.6 is 0 Å². The predicted molar refractivity (Wildman–Crippen MR) is 184 cm³/mol. The van der Waals surface area contributed by atoms with E-state index in [0.29, 0.717) is 24.9 Å². The van der Waals surface area contributed by atoms with Crippen LogP contribution in [0, 0.1) is 5.82 Å². The Balaban J connectivity index is 1.10. The Morgan fingerprint density at radius 3 is 2.43 bits per heavy atom. The van der Waals surface area contributed by atoms with E-state index in [1.807, 2.05) is 37.4 Å². The van der Waals surface area contributed by atoms with Crippen molar-refractivity contribution in [2.75, 3.05) is 50.3 Å². The first-order valence-electron chi connectivity index (χ1n) is 16.9. The molecule has 11 heteroatoms. The van der Waals surface area contributed by atoms with Crippen LogP contribution in [0.1, 0.15) is 70.3 Å². The number of hydrogen-bond acceptors (Lipinski definition) is 8. The molecule has 0 unspecified atom stereocenters. The number of unbranched alkanes of at least 4 members (excludes halogenated alkanes) is 6. The molecule has 2 aromatic heterocycles. The maximum atomic E-state index is 13.6. The molecule has 3 heterocycles. The van der Waals surface area contributed by atoms with E-state index in [9.17, 15) is 9.18 Å². The van der Waals surface area contributed by atoms with Gasteiger partial charge in [-0.25, -0.2) is 19.2 Å². The zero-order valence-corrected chi connectivity index (χ0v) is 28.0. The molecule has 5 rings (SSSR count). The van der Waals surface area contributed by atoms with E-state index in [1.54, 1.807) is 24.2 Å². The van der Waals surface area contributed by atoms with Crippen LogP contribution in [-0.2, 0) is 11.3 Å². The van der Waals surface area contributed by atoms with Gasteiger partial charge in [-0.1, -0.05) is 69.7 Å². The van der Waals surface area contributed by atoms with Crippen molar-refractivity contribution in [1.29, 1.82) is 0 Å². The van der Waals surface area contributed by atoms with Gasteiger partial charge < -0.3 is 28.7 Å². The number of anilines is 2. The van der Waals surface area contributed by atoms with Gasteiger partial charge in [0.05, 0.1) is 17.6 Å². The number of hydrogen-bond donors (Lipinski definition) is 0. The van der Waals surface area contributed by atoms with Crippen molar-refractivity contribution < 1.29 is 18.7 Å². The fourth-order valence-electron chi connectivity index (χ4n) is 6.08. The van der Waals surface area contributed by atoms with E-state index in [0.717, 1.165) is 61.3 Å². The average Bonchev–Trinajstić information content (AvgIpc) is 3.46. The van der Waals surface area contributed by atoms with Gasteiger partial charge in [0.2, 0.25) is 24.6 Å². The molecule has 1 aliphatic heterocycles. The molecule has 0 aliphatic carbocycles. The summed E-state index contributed by atoms with van der Waals surface area (Å²) in [4.78, 5) is 32.5. The molecule has 1 saturated heterocycles. The van der Waals surface area contributed by atoms with Crippen molar-refractivity contribution in [1.82, 2.24) is 24.4 Å². The van der Waals surface area contributed by atoms with E-state index < -0.39 is 6.09 Å². The normalized spacial score (nSPS) is 13.6. The Bertz CT molecular complexity index is 1560. The minimum absolute atomic E-state index is 0.211. The molecule has 0 spiro atoms. The van der Waals surface area contributed by atoms with Crippen LogP contribution in [0.2, 0.25) is 0 Å². The molecular weight excluding hydrogens is 597 g/mol. The Labute approximate surface area is 277 Å². The summed E-state index contributed by atoms with van der Waals surface area (Å²) in [6, 6.07) is 16.7. The number of halogens is 1. The summed E-state index contributed by atoms with van der Waals surface area (Å²) < 4.78 is 26.8. The predicted octanol–water partition coefficient (Wildman–Crippen LogP) is 7.27. The van der Waals surface area contributed by atoms with Gasteiger partial charge in [0.15, 0.2) is 0 Å². The summed E-state index contributed by atoms with van der Waals surface area (Å²) in [7, 11) is 3.76. The van der Waals surface area contributed by atoms with Crippen molar-refractivity contribution in [3.63, 3.8) is 0 Å². The summed E-state index contributed by atoms with van der Waals surface area (Å²) in [6.07, 6.45) is 11.4. The maximum absolute atomic E-state index is 13.6. The lowest BCUT2D eigenvalue weighted by atomic mass is 10.0. The number of para-hydroxylation sites is 2. The molecule has 47 heavy (non-hydrogen) atoms. The molecule has 0 radical (unpaired) electrons. The third-order valence-corrected chi connectivity index (χ3v) is 8.91. The zero-order chi connectivity index (χ0) is 33.0. The van der Waals surface area contributed by atoms with Gasteiger partial charge in [0.25, 0.3) is 0 Å². The highest BCUT2D eigenvalue weighted by Crippen LogP contribution is 2.28. The van der Waals surface area contributed by atoms with Gasteiger partial charge in [-0.3, -0.25) is 0 Å². The van der Waals surface area contributed by atoms with E-state index in [1.165, 1.54) is 44.2 Å². The maximum Gasteiger partial charge on any atom is 0.412 e. The number of aromatic nitrogens is 4. The third kappa shape index (κ3) is 9.33. The van der Waals surface area contributed by atoms with Crippen LogP contribution in [-0.4, -0.2) is 77.1 Å². The lowest BCUT2D eigenvalue weighted by molar-refractivity contribution is 0.0369. The molecule has 0 N–H and O–H groups in total. The van der Waals surface area contributed by atoms with Crippen molar-refractivity contribution in [2.45, 2.75) is 77.3 Å². The fraction of sp³-hybridized carbons (Fsp3) is 0.500. The van der Waals surface area contributed by atoms with Crippen molar-refractivity contribution in [3.05, 3.63) is 72.2 Å². The second kappa shape index (κ2) is 16.9. The van der Waals surface area contributed by atoms with Crippen LogP contribution < -0.4 is 14.5 Å². The van der Waals surface area contributed by atoms with E-state index >= 15 is 0 Å². The first kappa shape index (κ1) is 33.9. The second-order valence-corrected chi connectivity index (χ2v) is 12.4. The topological polar surface area (TPSA) is 88.9 Å². The van der Waals surface area contributed by atoms with Gasteiger partial charge in [-0.2, -0.15) is 4.98 Å². The molecule has 0 bridgehead atoms. The summed E-state index contributed by atoms with van der Waals surface area (Å²) in [6.45, 7) is 4.93. The molecule has 0 saturated carbocycles. The highest BCUT2D eigenvalue weighted by atomic mass is 19.1. The number of piperidine rings is 1. The number of rotatable bonds is 16. The molecule has 1 fully saturated rings. The number of fused-ring (bicyclic) bond motifs is 1. The van der Waals surface area contributed by atoms with Gasteiger partial charge in [0, 0.05) is 52.0 Å². The van der Waals surface area contributed by atoms with Gasteiger partial charge in [0.1, 0.15) is 5.82 Å². The second-order valence-electron chi connectivity index (χ2n) is 12.4. The molecule has 4 aromatic rings. The number of amides is 1. The van der Waals surface area contributed by atoms with Crippen LogP contribution in [0.15, 0.2) is 60.8 Å². The number of ether oxygens (including phenoxy) is 2. The molecule has 1 amide bonds. The number of imidazole rings is 1. The first-order valence-corrected chi connectivity index (χ1v) is 16.9. The highest BCUT2D eigenvalue weighted by Gasteiger charge is 2.27. The van der Waals surface area contributed by atoms with Gasteiger partial charge in [-0.05, 0) is 49.1 Å². The van der Waals surface area contributed by atoms with E-state index in [-0.39, 0.29) is 18.7 Å². The van der Waals surface area contributed by atoms with Gasteiger partial charge in [-0.15, -0.1) is 0 Å². The van der Waals surface area contributed by atoms with Crippen LogP contribution in [0.4, 0.5) is 21.1 Å². The van der Waals surface area contributed by atoms with Crippen molar-refractivity contribution >= 4 is 29.0 Å². The Kier molecular flexibility index (Phi) is 12.2. The molecule has 1 aliphatic rings. The standard InChI is InChI=1S/C36H48FN7O3/c1-4-5-6-7-8-9-12-23-41(2)36(45)47-27-46-33-19-22-38-34(40-33)42(3)30-20-24-43(25-21-30)35-39-31-13-10-11-14-32(31)44(35)26-28-15-17-29(37)18-16-28/h10-11,13-19,22,30H,4-9,12,20-21,23-27H2,1-3H3. The largest absolute Gasteiger partial charge is 0.440 e. The number of carbonyl (C=O) groups excluding carboxylic acids is 1. The number of nitrogens with zero attached hydrogens (tertiary/aromatic N) is 7. The molecule has 2 aromatic carbocycles. The van der Waals surface area contributed by atoms with E-state index in [4.69, 9.17) is 14.5 Å². The number of benzene rings is 2. The fourth-order valence-corrected chi connectivity index (χ4v) is 6.08. The minimum atomic E-state index is -0.402. The Hall–Kier alpha value is -4.41. The lowest BCUT2D eigenvalue weighted by Crippen LogP contribution is -2.44. The SMILES string of the molecule is CCCCCCCCCN(C)C(=O)OCOc1ccnc(N(C)C2CCN(c3nc4ccccc4n3Cc3ccc(F)cc3)CC2)n1. The van der Waals surface area contributed by atoms with Crippen molar-refractivity contribution in [3.8, 4) is 5.88 Å². The first-order chi connectivity index (χ1) is 22.9. The summed E-state index contributed by atoms with van der Waals surface area (Å²) in [5, 5.41) is 0. The minimum Gasteiger partial charge on any atom is -0.440 e. The molecule has 10 nitrogen and oxygen atoms in total. The summed E-state index contributed by atoms with van der Waals surface area (Å²) >= 11 is 0. The smallest absolute Gasteiger partial charge is 0.412 e. The van der Waals surface area contributed by atoms with Crippen LogP contribution in [0.25, 0.3) is 11.0 Å².